The summed E-state index contributed by atoms with van der Waals surface area (Å²) >= 11 is 1.24. The third kappa shape index (κ3) is 3.39. The molecule has 0 saturated heterocycles. The number of nitrogens with zero attached hydrogens (tertiary/aromatic N) is 1. The molecular formula is C15H17N3O3S2. The number of hydrogen-bond donors (Lipinski definition) is 2. The number of benzene rings is 1. The van der Waals surface area contributed by atoms with E-state index in [4.69, 9.17) is 0 Å². The van der Waals surface area contributed by atoms with Crippen molar-refractivity contribution in [2.45, 2.75) is 24.1 Å². The minimum atomic E-state index is -3.46. The van der Waals surface area contributed by atoms with Crippen LogP contribution >= 0.6 is 11.3 Å². The van der Waals surface area contributed by atoms with Gasteiger partial charge in [-0.3, -0.25) is 4.57 Å². The number of imidazole rings is 1. The molecule has 2 heterocycles. The van der Waals surface area contributed by atoms with E-state index in [1.165, 1.54) is 11.3 Å². The van der Waals surface area contributed by atoms with Crippen LogP contribution in [0, 0.1) is 6.92 Å². The van der Waals surface area contributed by atoms with Crippen molar-refractivity contribution in [2.75, 3.05) is 6.54 Å². The Morgan fingerprint density at radius 1 is 1.22 bits per heavy atom. The largest absolute Gasteiger partial charge is 0.326 e. The predicted octanol–water partition coefficient (Wildman–Crippen LogP) is 2.07. The Bertz CT molecular complexity index is 983. The van der Waals surface area contributed by atoms with Crippen molar-refractivity contribution in [2.24, 2.45) is 0 Å². The zero-order valence-electron chi connectivity index (χ0n) is 12.6. The highest BCUT2D eigenvalue weighted by Crippen LogP contribution is 2.20. The zero-order chi connectivity index (χ0) is 16.4. The van der Waals surface area contributed by atoms with E-state index in [1.54, 1.807) is 16.7 Å². The molecule has 0 aliphatic rings. The van der Waals surface area contributed by atoms with Gasteiger partial charge >= 0.3 is 5.69 Å². The molecule has 0 bridgehead atoms. The lowest BCUT2D eigenvalue weighted by Gasteiger charge is -2.06. The lowest BCUT2D eigenvalue weighted by Crippen LogP contribution is -2.26. The highest BCUT2D eigenvalue weighted by molar-refractivity contribution is 7.91. The Hall–Kier alpha value is -1.90. The van der Waals surface area contributed by atoms with Crippen molar-refractivity contribution in [3.8, 4) is 0 Å². The van der Waals surface area contributed by atoms with Crippen molar-refractivity contribution in [1.29, 1.82) is 0 Å². The summed E-state index contributed by atoms with van der Waals surface area (Å²) in [7, 11) is -3.46. The van der Waals surface area contributed by atoms with E-state index in [0.29, 0.717) is 17.2 Å². The highest BCUT2D eigenvalue weighted by atomic mass is 32.2. The van der Waals surface area contributed by atoms with Gasteiger partial charge in [0, 0.05) is 18.0 Å². The van der Waals surface area contributed by atoms with Crippen LogP contribution in [-0.2, 0) is 16.6 Å². The Balaban J connectivity index is 1.63. The quantitative estimate of drug-likeness (QED) is 0.667. The summed E-state index contributed by atoms with van der Waals surface area (Å²) in [6.07, 6.45) is 0.533. The standard InChI is InChI=1S/C15H17N3O3S2/c1-11-7-8-14(22-11)23(20,21)16-9-4-10-18-13-6-3-2-5-12(13)17-15(18)19/h2-3,5-8,16H,4,9-10H2,1H3,(H,17,19). The van der Waals surface area contributed by atoms with Crippen molar-refractivity contribution in [1.82, 2.24) is 14.3 Å². The zero-order valence-corrected chi connectivity index (χ0v) is 14.2. The summed E-state index contributed by atoms with van der Waals surface area (Å²) in [6.45, 7) is 2.60. The molecule has 3 aromatic rings. The van der Waals surface area contributed by atoms with Gasteiger partial charge in [-0.1, -0.05) is 12.1 Å². The number of nitrogens with one attached hydrogen (secondary N) is 2. The molecule has 2 N–H and O–H groups in total. The van der Waals surface area contributed by atoms with Crippen LogP contribution in [-0.4, -0.2) is 24.5 Å². The molecule has 0 radical (unpaired) electrons. The predicted molar refractivity (Wildman–Crippen MR) is 91.4 cm³/mol. The fourth-order valence-corrected chi connectivity index (χ4v) is 4.80. The summed E-state index contributed by atoms with van der Waals surface area (Å²) < 4.78 is 28.7. The molecule has 0 spiro atoms. The number of aromatic amines is 1. The van der Waals surface area contributed by atoms with Gasteiger partial charge in [0.05, 0.1) is 11.0 Å². The second-order valence-corrected chi connectivity index (χ2v) is 8.50. The van der Waals surface area contributed by atoms with Gasteiger partial charge in [-0.25, -0.2) is 17.9 Å². The fourth-order valence-electron chi connectivity index (χ4n) is 2.40. The molecule has 8 heteroatoms. The first-order valence-corrected chi connectivity index (χ1v) is 9.51. The number of aromatic nitrogens is 2. The molecule has 6 nitrogen and oxygen atoms in total. The van der Waals surface area contributed by atoms with Crippen molar-refractivity contribution in [3.05, 3.63) is 51.8 Å². The average molecular weight is 351 g/mol. The summed E-state index contributed by atoms with van der Waals surface area (Å²) in [6, 6.07) is 10.8. The second-order valence-electron chi connectivity index (χ2n) is 5.22. The minimum absolute atomic E-state index is 0.178. The van der Waals surface area contributed by atoms with Gasteiger partial charge in [0.1, 0.15) is 4.21 Å². The van der Waals surface area contributed by atoms with E-state index < -0.39 is 10.0 Å². The van der Waals surface area contributed by atoms with E-state index in [2.05, 4.69) is 9.71 Å². The van der Waals surface area contributed by atoms with Gasteiger partial charge < -0.3 is 4.98 Å². The van der Waals surface area contributed by atoms with E-state index in [0.717, 1.165) is 15.9 Å². The molecule has 23 heavy (non-hydrogen) atoms. The first-order chi connectivity index (χ1) is 11.0. The van der Waals surface area contributed by atoms with Crippen LogP contribution < -0.4 is 10.4 Å². The van der Waals surface area contributed by atoms with Crippen LogP contribution in [0.5, 0.6) is 0 Å². The first kappa shape index (κ1) is 16.0. The lowest BCUT2D eigenvalue weighted by atomic mass is 10.3. The van der Waals surface area contributed by atoms with Crippen LogP contribution in [0.1, 0.15) is 11.3 Å². The third-order valence-electron chi connectivity index (χ3n) is 3.51. The maximum atomic E-state index is 12.1. The number of fused-ring (bicyclic) bond motifs is 1. The molecule has 1 aromatic carbocycles. The molecule has 0 amide bonds. The Kier molecular flexibility index (Phi) is 4.38. The van der Waals surface area contributed by atoms with Crippen LogP contribution in [0.15, 0.2) is 45.4 Å². The van der Waals surface area contributed by atoms with E-state index in [1.807, 2.05) is 31.2 Å². The van der Waals surface area contributed by atoms with Crippen LogP contribution in [0.4, 0.5) is 0 Å². The van der Waals surface area contributed by atoms with Gasteiger partial charge in [-0.2, -0.15) is 0 Å². The number of H-pyrrole nitrogens is 1. The molecule has 122 valence electrons. The topological polar surface area (TPSA) is 84.0 Å². The smallest absolute Gasteiger partial charge is 0.306 e. The summed E-state index contributed by atoms with van der Waals surface area (Å²) in [5.41, 5.74) is 1.43. The summed E-state index contributed by atoms with van der Waals surface area (Å²) in [4.78, 5) is 15.7. The molecular weight excluding hydrogens is 334 g/mol. The van der Waals surface area contributed by atoms with Crippen LogP contribution in [0.25, 0.3) is 11.0 Å². The van der Waals surface area contributed by atoms with Gasteiger partial charge in [0.2, 0.25) is 10.0 Å². The molecule has 2 aromatic heterocycles. The molecule has 0 aliphatic carbocycles. The van der Waals surface area contributed by atoms with Gasteiger partial charge in [-0.15, -0.1) is 11.3 Å². The summed E-state index contributed by atoms with van der Waals surface area (Å²) in [5.74, 6) is 0. The van der Waals surface area contributed by atoms with Gasteiger partial charge in [-0.05, 0) is 37.6 Å². The van der Waals surface area contributed by atoms with Crippen molar-refractivity contribution >= 4 is 32.4 Å². The lowest BCUT2D eigenvalue weighted by molar-refractivity contribution is 0.571. The van der Waals surface area contributed by atoms with E-state index >= 15 is 0 Å². The Morgan fingerprint density at radius 3 is 2.74 bits per heavy atom. The number of sulfonamides is 1. The molecule has 0 aliphatic heterocycles. The maximum absolute atomic E-state index is 12.1. The number of hydrogen-bond acceptors (Lipinski definition) is 4. The molecule has 0 fully saturated rings. The van der Waals surface area contributed by atoms with Crippen LogP contribution in [0.2, 0.25) is 0 Å². The Morgan fingerprint density at radius 2 is 2.00 bits per heavy atom. The number of para-hydroxylation sites is 2. The first-order valence-electron chi connectivity index (χ1n) is 7.21. The van der Waals surface area contributed by atoms with Crippen molar-refractivity contribution < 1.29 is 8.42 Å². The monoisotopic (exact) mass is 351 g/mol. The van der Waals surface area contributed by atoms with Gasteiger partial charge in [0.25, 0.3) is 0 Å². The number of thiophene rings is 1. The highest BCUT2D eigenvalue weighted by Gasteiger charge is 2.15. The van der Waals surface area contributed by atoms with Crippen molar-refractivity contribution in [3.63, 3.8) is 0 Å². The molecule has 0 unspecified atom stereocenters. The van der Waals surface area contributed by atoms with Gasteiger partial charge in [0.15, 0.2) is 0 Å². The van der Waals surface area contributed by atoms with Crippen LogP contribution in [0.3, 0.4) is 0 Å². The third-order valence-corrected chi connectivity index (χ3v) is 6.47. The molecule has 3 rings (SSSR count). The second kappa shape index (κ2) is 6.31. The minimum Gasteiger partial charge on any atom is -0.306 e. The van der Waals surface area contributed by atoms with E-state index in [9.17, 15) is 13.2 Å². The molecule has 0 atom stereocenters. The number of aryl methyl sites for hydroxylation is 2. The maximum Gasteiger partial charge on any atom is 0.326 e. The Labute approximate surface area is 137 Å². The number of rotatable bonds is 6. The summed E-state index contributed by atoms with van der Waals surface area (Å²) in [5, 5.41) is 0. The average Bonchev–Trinajstić information content (AvgIpc) is 3.08. The normalized spacial score (nSPS) is 12.0. The SMILES string of the molecule is Cc1ccc(S(=O)(=O)NCCCn2c(=O)[nH]c3ccccc32)s1. The fraction of sp³-hybridized carbons (Fsp3) is 0.267. The molecule has 0 saturated carbocycles. The van der Waals surface area contributed by atoms with E-state index in [-0.39, 0.29) is 12.2 Å².